The van der Waals surface area contributed by atoms with Crippen LogP contribution in [0.2, 0.25) is 0 Å². The Morgan fingerprint density at radius 2 is 2.11 bits per heavy atom. The summed E-state index contributed by atoms with van der Waals surface area (Å²) in [7, 11) is 0. The summed E-state index contributed by atoms with van der Waals surface area (Å²) in [6, 6.07) is 9.28. The quantitative estimate of drug-likeness (QED) is 0.799. The monoisotopic (exact) mass is 386 g/mol. The number of rotatable bonds is 6. The van der Waals surface area contributed by atoms with E-state index in [2.05, 4.69) is 20.1 Å². The molecule has 2 aromatic rings. The van der Waals surface area contributed by atoms with Gasteiger partial charge in [-0.15, -0.1) is 0 Å². The molecule has 1 aliphatic heterocycles. The number of carbonyl (C=O) groups excluding carboxylic acids is 1. The van der Waals surface area contributed by atoms with Gasteiger partial charge in [0.25, 0.3) is 5.91 Å². The second-order valence-electron chi connectivity index (χ2n) is 7.07. The van der Waals surface area contributed by atoms with Gasteiger partial charge in [0.2, 0.25) is 0 Å². The molecule has 1 amide bonds. The number of hydrogen-bond acceptors (Lipinski definition) is 5. The van der Waals surface area contributed by atoms with Crippen molar-refractivity contribution in [1.82, 2.24) is 9.88 Å². The standard InChI is InChI=1S/C21H27FN4O2/c1-2-19(27)15-25-9-4-10-26(12-11-25)20-8-7-18(14-23-20)24-21(28)16-5-3-6-17(22)13-16/h3,5-8,13-14,19,27H,2,4,9-12,15H2,1H3,(H,24,28)/t19-/m0/s1. The van der Waals surface area contributed by atoms with E-state index in [0.29, 0.717) is 12.2 Å². The van der Waals surface area contributed by atoms with Crippen LogP contribution in [0.25, 0.3) is 0 Å². The van der Waals surface area contributed by atoms with Crippen molar-refractivity contribution in [3.63, 3.8) is 0 Å². The first-order valence-electron chi connectivity index (χ1n) is 9.73. The Morgan fingerprint density at radius 1 is 1.25 bits per heavy atom. The minimum absolute atomic E-state index is 0.269. The molecule has 6 nitrogen and oxygen atoms in total. The minimum atomic E-state index is -0.442. The zero-order chi connectivity index (χ0) is 19.9. The highest BCUT2D eigenvalue weighted by Gasteiger charge is 2.18. The molecule has 1 aromatic carbocycles. The summed E-state index contributed by atoms with van der Waals surface area (Å²) in [5, 5.41) is 12.6. The summed E-state index contributed by atoms with van der Waals surface area (Å²) in [5.41, 5.74) is 0.839. The summed E-state index contributed by atoms with van der Waals surface area (Å²) in [4.78, 5) is 21.2. The lowest BCUT2D eigenvalue weighted by molar-refractivity contribution is 0.102. The molecule has 7 heteroatoms. The maximum Gasteiger partial charge on any atom is 0.255 e. The van der Waals surface area contributed by atoms with Gasteiger partial charge in [0, 0.05) is 31.7 Å². The van der Waals surface area contributed by atoms with Crippen LogP contribution in [0.5, 0.6) is 0 Å². The van der Waals surface area contributed by atoms with Crippen LogP contribution in [-0.2, 0) is 0 Å². The van der Waals surface area contributed by atoms with Crippen LogP contribution >= 0.6 is 0 Å². The molecule has 1 atom stereocenters. The third kappa shape index (κ3) is 5.50. The molecule has 150 valence electrons. The van der Waals surface area contributed by atoms with Crippen molar-refractivity contribution in [3.8, 4) is 0 Å². The van der Waals surface area contributed by atoms with E-state index in [1.54, 1.807) is 12.3 Å². The molecule has 28 heavy (non-hydrogen) atoms. The molecule has 2 N–H and O–H groups in total. The van der Waals surface area contributed by atoms with Crippen LogP contribution in [0, 0.1) is 5.82 Å². The number of aliphatic hydroxyl groups is 1. The molecule has 1 fully saturated rings. The number of anilines is 2. The summed E-state index contributed by atoms with van der Waals surface area (Å²) in [5.74, 6) is 0.0541. The fraction of sp³-hybridized carbons (Fsp3) is 0.429. The molecule has 0 aliphatic carbocycles. The Bertz CT molecular complexity index is 784. The highest BCUT2D eigenvalue weighted by atomic mass is 19.1. The normalized spacial score (nSPS) is 16.5. The van der Waals surface area contributed by atoms with Crippen molar-refractivity contribution in [1.29, 1.82) is 0 Å². The molecule has 0 radical (unpaired) electrons. The van der Waals surface area contributed by atoms with Crippen LogP contribution in [0.3, 0.4) is 0 Å². The summed E-state index contributed by atoms with van der Waals surface area (Å²) >= 11 is 0. The Morgan fingerprint density at radius 3 is 2.82 bits per heavy atom. The molecule has 0 unspecified atom stereocenters. The molecule has 0 bridgehead atoms. The fourth-order valence-electron chi connectivity index (χ4n) is 3.29. The zero-order valence-corrected chi connectivity index (χ0v) is 16.1. The second kappa shape index (κ2) is 9.61. The molecule has 0 spiro atoms. The Kier molecular flexibility index (Phi) is 6.95. The topological polar surface area (TPSA) is 68.7 Å². The van der Waals surface area contributed by atoms with Gasteiger partial charge in [-0.05, 0) is 49.7 Å². The smallest absolute Gasteiger partial charge is 0.255 e. The van der Waals surface area contributed by atoms with Gasteiger partial charge in [-0.3, -0.25) is 9.69 Å². The number of nitrogens with one attached hydrogen (secondary N) is 1. The van der Waals surface area contributed by atoms with E-state index in [0.717, 1.165) is 44.8 Å². The predicted octanol–water partition coefficient (Wildman–Crippen LogP) is 2.76. The number of pyridine rings is 1. The summed E-state index contributed by atoms with van der Waals surface area (Å²) < 4.78 is 13.3. The van der Waals surface area contributed by atoms with Gasteiger partial charge in [0.15, 0.2) is 0 Å². The van der Waals surface area contributed by atoms with E-state index in [1.165, 1.54) is 18.2 Å². The highest BCUT2D eigenvalue weighted by Crippen LogP contribution is 2.17. The Hall–Kier alpha value is -2.51. The molecule has 0 saturated carbocycles. The van der Waals surface area contributed by atoms with Gasteiger partial charge in [0.1, 0.15) is 11.6 Å². The SMILES string of the molecule is CC[C@H](O)CN1CCCN(c2ccc(NC(=O)c3cccc(F)c3)cn2)CC1. The summed E-state index contributed by atoms with van der Waals surface area (Å²) in [6.45, 7) is 6.31. The van der Waals surface area contributed by atoms with Crippen molar-refractivity contribution in [2.24, 2.45) is 0 Å². The van der Waals surface area contributed by atoms with Crippen molar-refractivity contribution >= 4 is 17.4 Å². The van der Waals surface area contributed by atoms with Crippen molar-refractivity contribution in [2.75, 3.05) is 42.9 Å². The number of aromatic nitrogens is 1. The first-order chi connectivity index (χ1) is 13.5. The maximum atomic E-state index is 13.3. The second-order valence-corrected chi connectivity index (χ2v) is 7.07. The number of amides is 1. The number of nitrogens with zero attached hydrogens (tertiary/aromatic N) is 3. The number of benzene rings is 1. The lowest BCUT2D eigenvalue weighted by atomic mass is 10.2. The van der Waals surface area contributed by atoms with Gasteiger partial charge in [-0.1, -0.05) is 13.0 Å². The molecule has 1 aromatic heterocycles. The number of aliphatic hydroxyl groups excluding tert-OH is 1. The van der Waals surface area contributed by atoms with Gasteiger partial charge in [0.05, 0.1) is 18.0 Å². The Labute approximate surface area is 165 Å². The third-order valence-corrected chi connectivity index (χ3v) is 4.95. The molecule has 1 aliphatic rings. The number of halogens is 1. The van der Waals surface area contributed by atoms with Crippen LogP contribution < -0.4 is 10.2 Å². The largest absolute Gasteiger partial charge is 0.392 e. The Balaban J connectivity index is 1.57. The fourth-order valence-corrected chi connectivity index (χ4v) is 3.29. The van der Waals surface area contributed by atoms with Crippen LogP contribution in [0.4, 0.5) is 15.9 Å². The van der Waals surface area contributed by atoms with Crippen molar-refractivity contribution in [3.05, 3.63) is 54.0 Å². The van der Waals surface area contributed by atoms with E-state index in [-0.39, 0.29) is 17.6 Å². The molecule has 2 heterocycles. The van der Waals surface area contributed by atoms with E-state index < -0.39 is 5.82 Å². The number of carbonyl (C=O) groups is 1. The van der Waals surface area contributed by atoms with E-state index >= 15 is 0 Å². The van der Waals surface area contributed by atoms with Gasteiger partial charge in [-0.2, -0.15) is 0 Å². The van der Waals surface area contributed by atoms with Crippen LogP contribution in [0.1, 0.15) is 30.1 Å². The first-order valence-corrected chi connectivity index (χ1v) is 9.73. The molecule has 3 rings (SSSR count). The molecule has 1 saturated heterocycles. The van der Waals surface area contributed by atoms with Gasteiger partial charge < -0.3 is 15.3 Å². The maximum absolute atomic E-state index is 13.3. The van der Waals surface area contributed by atoms with Gasteiger partial charge >= 0.3 is 0 Å². The highest BCUT2D eigenvalue weighted by molar-refractivity contribution is 6.04. The van der Waals surface area contributed by atoms with Crippen LogP contribution in [0.15, 0.2) is 42.6 Å². The summed E-state index contributed by atoms with van der Waals surface area (Å²) in [6.07, 6.45) is 3.13. The average Bonchev–Trinajstić information content (AvgIpc) is 2.94. The molecular weight excluding hydrogens is 359 g/mol. The lowest BCUT2D eigenvalue weighted by Gasteiger charge is -2.24. The third-order valence-electron chi connectivity index (χ3n) is 4.95. The van der Waals surface area contributed by atoms with Crippen molar-refractivity contribution in [2.45, 2.75) is 25.9 Å². The van der Waals surface area contributed by atoms with E-state index in [4.69, 9.17) is 0 Å². The van der Waals surface area contributed by atoms with Crippen LogP contribution in [-0.4, -0.2) is 59.7 Å². The zero-order valence-electron chi connectivity index (χ0n) is 16.1. The number of β-amino-alcohol motifs (C(OH)–C–C–N with tert-alkyl or cyclic N) is 1. The number of hydrogen-bond donors (Lipinski definition) is 2. The lowest BCUT2D eigenvalue weighted by Crippen LogP contribution is -2.35. The van der Waals surface area contributed by atoms with E-state index in [1.807, 2.05) is 19.1 Å². The first kappa shape index (κ1) is 20.2. The van der Waals surface area contributed by atoms with Gasteiger partial charge in [-0.25, -0.2) is 9.37 Å². The van der Waals surface area contributed by atoms with Crippen molar-refractivity contribution < 1.29 is 14.3 Å². The average molecular weight is 386 g/mol. The minimum Gasteiger partial charge on any atom is -0.392 e. The molecular formula is C21H27FN4O2. The predicted molar refractivity (Wildman–Crippen MR) is 108 cm³/mol. The van der Waals surface area contributed by atoms with E-state index in [9.17, 15) is 14.3 Å².